The van der Waals surface area contributed by atoms with Crippen LogP contribution in [0.4, 0.5) is 4.79 Å². The van der Waals surface area contributed by atoms with Crippen LogP contribution in [0.2, 0.25) is 0 Å². The van der Waals surface area contributed by atoms with E-state index in [1.807, 2.05) is 45.0 Å². The first-order chi connectivity index (χ1) is 12.2. The molecule has 140 valence electrons. The van der Waals surface area contributed by atoms with E-state index in [-0.39, 0.29) is 12.4 Å². The van der Waals surface area contributed by atoms with Crippen molar-refractivity contribution in [3.8, 4) is 11.6 Å². The highest BCUT2D eigenvalue weighted by atomic mass is 79.9. The van der Waals surface area contributed by atoms with Gasteiger partial charge in [-0.05, 0) is 45.0 Å². The SMILES string of the molecule is CC(C)(C)OC(=O)N1CCc2c(c(O)nn2-c2ccc(Br)cc2)[C@@H]1CN. The van der Waals surface area contributed by atoms with Gasteiger partial charge < -0.3 is 15.6 Å². The van der Waals surface area contributed by atoms with Crippen LogP contribution in [0.1, 0.15) is 38.1 Å². The fourth-order valence-electron chi connectivity index (χ4n) is 3.15. The summed E-state index contributed by atoms with van der Waals surface area (Å²) in [5, 5.41) is 14.7. The van der Waals surface area contributed by atoms with Gasteiger partial charge in [0.2, 0.25) is 5.88 Å². The van der Waals surface area contributed by atoms with Crippen molar-refractivity contribution in [2.75, 3.05) is 13.1 Å². The van der Waals surface area contributed by atoms with E-state index in [9.17, 15) is 9.90 Å². The monoisotopic (exact) mass is 422 g/mol. The summed E-state index contributed by atoms with van der Waals surface area (Å²) in [6.07, 6.45) is 0.115. The number of aromatic hydroxyl groups is 1. The van der Waals surface area contributed by atoms with Crippen molar-refractivity contribution in [3.63, 3.8) is 0 Å². The number of rotatable bonds is 2. The Morgan fingerprint density at radius 1 is 1.38 bits per heavy atom. The molecule has 3 N–H and O–H groups in total. The summed E-state index contributed by atoms with van der Waals surface area (Å²) in [5.74, 6) is -0.105. The predicted octanol–water partition coefficient (Wildman–Crippen LogP) is 3.13. The largest absolute Gasteiger partial charge is 0.492 e. The number of fused-ring (bicyclic) bond motifs is 1. The molecule has 0 saturated carbocycles. The molecule has 0 unspecified atom stereocenters. The van der Waals surface area contributed by atoms with Crippen molar-refractivity contribution in [3.05, 3.63) is 40.0 Å². The molecule has 0 spiro atoms. The Kier molecular flexibility index (Phi) is 4.98. The second-order valence-corrected chi connectivity index (χ2v) is 8.16. The summed E-state index contributed by atoms with van der Waals surface area (Å²) in [5.41, 5.74) is 7.64. The number of carbonyl (C=O) groups excluding carboxylic acids is 1. The normalized spacial score (nSPS) is 17.1. The summed E-state index contributed by atoms with van der Waals surface area (Å²) in [7, 11) is 0. The van der Waals surface area contributed by atoms with Crippen molar-refractivity contribution in [2.45, 2.75) is 38.8 Å². The average Bonchev–Trinajstić information content (AvgIpc) is 2.90. The Bertz CT molecular complexity index is 811. The number of amides is 1. The molecule has 1 atom stereocenters. The molecule has 0 bridgehead atoms. The van der Waals surface area contributed by atoms with E-state index in [1.165, 1.54) is 0 Å². The predicted molar refractivity (Wildman–Crippen MR) is 101 cm³/mol. The summed E-state index contributed by atoms with van der Waals surface area (Å²) in [6.45, 7) is 6.08. The standard InChI is InChI=1S/C18H23BrN4O3/c1-18(2,3)26-17(25)22-9-8-13-15(14(22)10-20)16(24)21-23(13)12-6-4-11(19)5-7-12/h4-7,14H,8-10,20H2,1-3H3,(H,21,24)/t14-/m0/s1. The van der Waals surface area contributed by atoms with Gasteiger partial charge in [-0.15, -0.1) is 5.10 Å². The Balaban J connectivity index is 1.98. The van der Waals surface area contributed by atoms with Crippen molar-refractivity contribution in [2.24, 2.45) is 5.73 Å². The zero-order valence-corrected chi connectivity index (χ0v) is 16.7. The second kappa shape index (κ2) is 6.92. The number of benzene rings is 1. The maximum Gasteiger partial charge on any atom is 0.410 e. The number of hydrogen-bond donors (Lipinski definition) is 2. The summed E-state index contributed by atoms with van der Waals surface area (Å²) in [4.78, 5) is 14.1. The van der Waals surface area contributed by atoms with E-state index >= 15 is 0 Å². The maximum atomic E-state index is 12.6. The molecule has 2 heterocycles. The van der Waals surface area contributed by atoms with Crippen molar-refractivity contribution >= 4 is 22.0 Å². The third-order valence-corrected chi connectivity index (χ3v) is 4.75. The van der Waals surface area contributed by atoms with Crippen LogP contribution in [-0.2, 0) is 11.2 Å². The summed E-state index contributed by atoms with van der Waals surface area (Å²) >= 11 is 3.41. The molecule has 1 aromatic carbocycles. The summed E-state index contributed by atoms with van der Waals surface area (Å²) in [6, 6.07) is 7.17. The van der Waals surface area contributed by atoms with Crippen LogP contribution in [0.25, 0.3) is 5.69 Å². The number of aromatic nitrogens is 2. The zero-order chi connectivity index (χ0) is 19.1. The minimum atomic E-state index is -0.597. The van der Waals surface area contributed by atoms with Crippen LogP contribution in [0.15, 0.2) is 28.7 Å². The maximum absolute atomic E-state index is 12.6. The van der Waals surface area contributed by atoms with E-state index in [1.54, 1.807) is 9.58 Å². The number of ether oxygens (including phenoxy) is 1. The molecule has 0 fully saturated rings. The van der Waals surface area contributed by atoms with Crippen molar-refractivity contribution in [1.29, 1.82) is 0 Å². The third-order valence-electron chi connectivity index (χ3n) is 4.22. The van der Waals surface area contributed by atoms with Crippen LogP contribution in [0.3, 0.4) is 0 Å². The fraction of sp³-hybridized carbons (Fsp3) is 0.444. The molecular formula is C18H23BrN4O3. The molecule has 0 aliphatic carbocycles. The van der Waals surface area contributed by atoms with Gasteiger partial charge in [-0.25, -0.2) is 9.48 Å². The van der Waals surface area contributed by atoms with Gasteiger partial charge in [0, 0.05) is 24.0 Å². The van der Waals surface area contributed by atoms with Gasteiger partial charge in [0.1, 0.15) is 5.60 Å². The number of carbonyl (C=O) groups is 1. The fourth-order valence-corrected chi connectivity index (χ4v) is 3.42. The molecule has 3 rings (SSSR count). The van der Waals surface area contributed by atoms with Gasteiger partial charge in [-0.1, -0.05) is 15.9 Å². The van der Waals surface area contributed by atoms with Gasteiger partial charge in [0.05, 0.1) is 23.0 Å². The Morgan fingerprint density at radius 3 is 2.62 bits per heavy atom. The molecule has 26 heavy (non-hydrogen) atoms. The number of nitrogens with zero attached hydrogens (tertiary/aromatic N) is 3. The topological polar surface area (TPSA) is 93.6 Å². The first-order valence-corrected chi connectivity index (χ1v) is 9.27. The lowest BCUT2D eigenvalue weighted by atomic mass is 9.98. The molecule has 8 heteroatoms. The van der Waals surface area contributed by atoms with Gasteiger partial charge in [-0.2, -0.15) is 0 Å². The minimum absolute atomic E-state index is 0.105. The van der Waals surface area contributed by atoms with Gasteiger partial charge in [0.25, 0.3) is 0 Å². The second-order valence-electron chi connectivity index (χ2n) is 7.25. The lowest BCUT2D eigenvalue weighted by Crippen LogP contribution is -2.45. The average molecular weight is 423 g/mol. The first kappa shape index (κ1) is 18.7. The Morgan fingerprint density at radius 2 is 2.04 bits per heavy atom. The number of hydrogen-bond acceptors (Lipinski definition) is 5. The highest BCUT2D eigenvalue weighted by Gasteiger charge is 2.37. The van der Waals surface area contributed by atoms with Gasteiger partial charge in [-0.3, -0.25) is 4.90 Å². The zero-order valence-electron chi connectivity index (χ0n) is 15.1. The third kappa shape index (κ3) is 3.57. The van der Waals surface area contributed by atoms with Crippen LogP contribution < -0.4 is 5.73 Å². The van der Waals surface area contributed by atoms with E-state index in [4.69, 9.17) is 10.5 Å². The Hall–Kier alpha value is -2.06. The Labute approximate surface area is 160 Å². The number of halogens is 1. The molecule has 2 aromatic rings. The summed E-state index contributed by atoms with van der Waals surface area (Å²) < 4.78 is 8.16. The first-order valence-electron chi connectivity index (χ1n) is 8.47. The molecule has 1 aliphatic rings. The van der Waals surface area contributed by atoms with Crippen LogP contribution in [0, 0.1) is 0 Å². The molecular weight excluding hydrogens is 400 g/mol. The number of nitrogens with two attached hydrogens (primary N) is 1. The van der Waals surface area contributed by atoms with Crippen molar-refractivity contribution in [1.82, 2.24) is 14.7 Å². The molecule has 0 saturated heterocycles. The van der Waals surface area contributed by atoms with E-state index in [2.05, 4.69) is 21.0 Å². The molecule has 1 amide bonds. The van der Waals surface area contributed by atoms with Gasteiger partial charge >= 0.3 is 6.09 Å². The van der Waals surface area contributed by atoms with Crippen LogP contribution in [0.5, 0.6) is 5.88 Å². The minimum Gasteiger partial charge on any atom is -0.492 e. The van der Waals surface area contributed by atoms with Gasteiger partial charge in [0.15, 0.2) is 0 Å². The smallest absolute Gasteiger partial charge is 0.410 e. The van der Waals surface area contributed by atoms with E-state index < -0.39 is 17.7 Å². The van der Waals surface area contributed by atoms with Crippen LogP contribution >= 0.6 is 15.9 Å². The molecule has 1 aliphatic heterocycles. The lowest BCUT2D eigenvalue weighted by molar-refractivity contribution is 0.0147. The molecule has 7 nitrogen and oxygen atoms in total. The highest BCUT2D eigenvalue weighted by molar-refractivity contribution is 9.10. The lowest BCUT2D eigenvalue weighted by Gasteiger charge is -2.36. The molecule has 1 aromatic heterocycles. The quantitative estimate of drug-likeness (QED) is 0.774. The van der Waals surface area contributed by atoms with Crippen molar-refractivity contribution < 1.29 is 14.6 Å². The highest BCUT2D eigenvalue weighted by Crippen LogP contribution is 2.37. The van der Waals surface area contributed by atoms with E-state index in [0.717, 1.165) is 15.9 Å². The van der Waals surface area contributed by atoms with Crippen LogP contribution in [-0.4, -0.2) is 44.6 Å². The molecule has 0 radical (unpaired) electrons. The van der Waals surface area contributed by atoms with E-state index in [0.29, 0.717) is 18.5 Å².